The zero-order valence-corrected chi connectivity index (χ0v) is 20.6. The molecule has 9 heteroatoms. The summed E-state index contributed by atoms with van der Waals surface area (Å²) in [6, 6.07) is 14.1. The first-order valence-corrected chi connectivity index (χ1v) is 12.0. The van der Waals surface area contributed by atoms with Crippen molar-refractivity contribution in [3.8, 4) is 11.5 Å². The zero-order valence-electron chi connectivity index (χ0n) is 19.8. The summed E-state index contributed by atoms with van der Waals surface area (Å²) in [7, 11) is 0. The first kappa shape index (κ1) is 25.9. The number of rotatable bonds is 10. The fraction of sp³-hybridized carbons (Fsp3) is 0.269. The number of thioether (sulfide) groups is 1. The Morgan fingerprint density at radius 1 is 0.886 bits per heavy atom. The third-order valence-corrected chi connectivity index (χ3v) is 5.61. The van der Waals surface area contributed by atoms with Crippen LogP contribution in [0, 0.1) is 0 Å². The predicted octanol–water partition coefficient (Wildman–Crippen LogP) is 5.22. The van der Waals surface area contributed by atoms with Gasteiger partial charge in [-0.1, -0.05) is 23.9 Å². The molecule has 0 radical (unpaired) electrons. The number of aliphatic hydroxyl groups is 1. The minimum Gasteiger partial charge on any atom is -0.506 e. The van der Waals surface area contributed by atoms with E-state index in [-0.39, 0.29) is 24.5 Å². The first-order valence-electron chi connectivity index (χ1n) is 11.2. The van der Waals surface area contributed by atoms with Crippen LogP contribution < -0.4 is 9.47 Å². The maximum Gasteiger partial charge on any atom is 0.344 e. The molecule has 0 aliphatic carbocycles. The van der Waals surface area contributed by atoms with E-state index in [1.54, 1.807) is 68.5 Å². The summed E-state index contributed by atoms with van der Waals surface area (Å²) < 4.78 is 20.8. The Labute approximate surface area is 208 Å². The van der Waals surface area contributed by atoms with Gasteiger partial charge in [0.1, 0.15) is 27.9 Å². The van der Waals surface area contributed by atoms with E-state index in [2.05, 4.69) is 4.99 Å². The molecule has 0 fully saturated rings. The fourth-order valence-electron chi connectivity index (χ4n) is 3.05. The molecule has 35 heavy (non-hydrogen) atoms. The van der Waals surface area contributed by atoms with Gasteiger partial charge >= 0.3 is 11.9 Å². The molecule has 0 saturated carbocycles. The molecular weight excluding hydrogens is 470 g/mol. The quantitative estimate of drug-likeness (QED) is 0.446. The van der Waals surface area contributed by atoms with Crippen molar-refractivity contribution < 1.29 is 33.6 Å². The van der Waals surface area contributed by atoms with Crippen molar-refractivity contribution in [1.29, 1.82) is 0 Å². The maximum atomic E-state index is 12.6. The van der Waals surface area contributed by atoms with Crippen LogP contribution >= 0.6 is 11.8 Å². The van der Waals surface area contributed by atoms with E-state index in [1.807, 2.05) is 6.92 Å². The lowest BCUT2D eigenvalue weighted by molar-refractivity contribution is -0.145. The Kier molecular flexibility index (Phi) is 9.37. The minimum absolute atomic E-state index is 0.0198. The van der Waals surface area contributed by atoms with Gasteiger partial charge in [-0.05, 0) is 68.8 Å². The molecule has 184 valence electrons. The maximum absolute atomic E-state index is 12.6. The number of ether oxygens (including phenoxy) is 4. The monoisotopic (exact) mass is 497 g/mol. The number of hydrogen-bond donors (Lipinski definition) is 1. The zero-order chi connectivity index (χ0) is 25.2. The number of carbonyl (C=O) groups is 2. The van der Waals surface area contributed by atoms with Crippen LogP contribution in [-0.4, -0.2) is 48.5 Å². The van der Waals surface area contributed by atoms with Gasteiger partial charge < -0.3 is 24.1 Å². The lowest BCUT2D eigenvalue weighted by atomic mass is 10.1. The molecule has 0 unspecified atom stereocenters. The highest BCUT2D eigenvalue weighted by atomic mass is 32.2. The largest absolute Gasteiger partial charge is 0.506 e. The van der Waals surface area contributed by atoms with Crippen LogP contribution in [0.1, 0.15) is 26.3 Å². The third-order valence-electron chi connectivity index (χ3n) is 4.59. The SMILES string of the molecule is CCOC(=O)COc1ccc(/C=C2/SC(=Nc3ccc(OCC)cc3)C(C(=O)OCC)=C2O)cc1. The number of carbonyl (C=O) groups excluding carboxylic acids is 2. The summed E-state index contributed by atoms with van der Waals surface area (Å²) in [5.41, 5.74) is 1.38. The highest BCUT2D eigenvalue weighted by Gasteiger charge is 2.33. The van der Waals surface area contributed by atoms with Gasteiger partial charge in [-0.15, -0.1) is 0 Å². The summed E-state index contributed by atoms with van der Waals surface area (Å²) in [5.74, 6) is -0.0603. The number of nitrogens with zero attached hydrogens (tertiary/aromatic N) is 1. The highest BCUT2D eigenvalue weighted by molar-refractivity contribution is 8.18. The Hall–Kier alpha value is -3.72. The second kappa shape index (κ2) is 12.7. The molecule has 0 aromatic heterocycles. The molecule has 0 saturated heterocycles. The van der Waals surface area contributed by atoms with Crippen molar-refractivity contribution >= 4 is 40.5 Å². The molecule has 1 heterocycles. The molecule has 0 atom stereocenters. The van der Waals surface area contributed by atoms with Gasteiger partial charge in [0.2, 0.25) is 0 Å². The Morgan fingerprint density at radius 3 is 2.14 bits per heavy atom. The summed E-state index contributed by atoms with van der Waals surface area (Å²) in [6.45, 7) is 6.17. The molecule has 0 bridgehead atoms. The normalized spacial score (nSPS) is 15.4. The van der Waals surface area contributed by atoms with Crippen molar-refractivity contribution in [1.82, 2.24) is 0 Å². The minimum atomic E-state index is -0.645. The van der Waals surface area contributed by atoms with Crippen LogP contribution in [0.15, 0.2) is 69.8 Å². The lowest BCUT2D eigenvalue weighted by Crippen LogP contribution is -2.14. The average Bonchev–Trinajstić information content (AvgIpc) is 3.14. The van der Waals surface area contributed by atoms with Gasteiger partial charge in [0.05, 0.1) is 30.4 Å². The van der Waals surface area contributed by atoms with Gasteiger partial charge in [0, 0.05) is 0 Å². The summed E-state index contributed by atoms with van der Waals surface area (Å²) >= 11 is 1.17. The van der Waals surface area contributed by atoms with E-state index in [0.717, 1.165) is 11.3 Å². The van der Waals surface area contributed by atoms with Crippen LogP contribution in [0.25, 0.3) is 6.08 Å². The first-order chi connectivity index (χ1) is 16.9. The number of hydrogen-bond acceptors (Lipinski definition) is 9. The van der Waals surface area contributed by atoms with Gasteiger partial charge in [-0.25, -0.2) is 14.6 Å². The van der Waals surface area contributed by atoms with Crippen LogP contribution in [0.5, 0.6) is 11.5 Å². The molecule has 8 nitrogen and oxygen atoms in total. The standard InChI is InChI=1S/C26H27NO7S/c1-4-31-19-13-9-18(10-14-19)27-25-23(26(30)33-6-3)24(29)21(35-25)15-17-7-11-20(12-8-17)34-16-22(28)32-5-2/h7-15,29H,4-6,16H2,1-3H3/b21-15+,27-25?. The Bertz CT molecular complexity index is 1140. The molecule has 0 amide bonds. The van der Waals surface area contributed by atoms with E-state index < -0.39 is 11.9 Å². The number of esters is 2. The number of aliphatic imine (C=N–C) groups is 1. The van der Waals surface area contributed by atoms with Gasteiger partial charge in [-0.3, -0.25) is 0 Å². The second-order valence-electron chi connectivity index (χ2n) is 7.06. The highest BCUT2D eigenvalue weighted by Crippen LogP contribution is 2.40. The number of benzene rings is 2. The lowest BCUT2D eigenvalue weighted by Gasteiger charge is -2.06. The van der Waals surface area contributed by atoms with Gasteiger partial charge in [0.15, 0.2) is 6.61 Å². The molecule has 1 aliphatic rings. The van der Waals surface area contributed by atoms with Crippen molar-refractivity contribution in [3.63, 3.8) is 0 Å². The van der Waals surface area contributed by atoms with Crippen molar-refractivity contribution in [2.45, 2.75) is 20.8 Å². The summed E-state index contributed by atoms with van der Waals surface area (Å²) in [5, 5.41) is 11.2. The van der Waals surface area contributed by atoms with E-state index in [0.29, 0.717) is 34.6 Å². The second-order valence-corrected chi connectivity index (χ2v) is 8.09. The predicted molar refractivity (Wildman–Crippen MR) is 135 cm³/mol. The molecule has 2 aromatic rings. The van der Waals surface area contributed by atoms with E-state index in [9.17, 15) is 14.7 Å². The van der Waals surface area contributed by atoms with E-state index in [1.165, 1.54) is 11.8 Å². The Balaban J connectivity index is 1.83. The Morgan fingerprint density at radius 2 is 1.51 bits per heavy atom. The van der Waals surface area contributed by atoms with Crippen LogP contribution in [0.2, 0.25) is 0 Å². The van der Waals surface area contributed by atoms with E-state index in [4.69, 9.17) is 18.9 Å². The smallest absolute Gasteiger partial charge is 0.344 e. The molecule has 0 spiro atoms. The van der Waals surface area contributed by atoms with E-state index >= 15 is 0 Å². The van der Waals surface area contributed by atoms with Crippen molar-refractivity contribution in [3.05, 3.63) is 70.3 Å². The fourth-order valence-corrected chi connectivity index (χ4v) is 4.08. The summed E-state index contributed by atoms with van der Waals surface area (Å²) in [6.07, 6.45) is 1.73. The van der Waals surface area contributed by atoms with Crippen molar-refractivity contribution in [2.75, 3.05) is 26.4 Å². The third kappa shape index (κ3) is 7.13. The molecular formula is C26H27NO7S. The van der Waals surface area contributed by atoms with Crippen molar-refractivity contribution in [2.24, 2.45) is 4.99 Å². The molecule has 1 N–H and O–H groups in total. The summed E-state index contributed by atoms with van der Waals surface area (Å²) in [4.78, 5) is 29.0. The van der Waals surface area contributed by atoms with Crippen LogP contribution in [-0.2, 0) is 19.1 Å². The van der Waals surface area contributed by atoms with Gasteiger partial charge in [0.25, 0.3) is 0 Å². The molecule has 2 aromatic carbocycles. The molecule has 3 rings (SSSR count). The number of aliphatic hydroxyl groups excluding tert-OH is 1. The topological polar surface area (TPSA) is 104 Å². The van der Waals surface area contributed by atoms with Crippen LogP contribution in [0.3, 0.4) is 0 Å². The molecule has 1 aliphatic heterocycles. The van der Waals surface area contributed by atoms with Crippen LogP contribution in [0.4, 0.5) is 5.69 Å². The average molecular weight is 498 g/mol. The van der Waals surface area contributed by atoms with Gasteiger partial charge in [-0.2, -0.15) is 0 Å².